The minimum absolute atomic E-state index is 0.155. The second-order valence-corrected chi connectivity index (χ2v) is 8.78. The van der Waals surface area contributed by atoms with Crippen molar-refractivity contribution in [1.29, 1.82) is 10.5 Å². The summed E-state index contributed by atoms with van der Waals surface area (Å²) in [5.41, 5.74) is 2.32. The molecule has 2 fully saturated rings. The zero-order valence-electron chi connectivity index (χ0n) is 19.4. The van der Waals surface area contributed by atoms with Crippen LogP contribution in [-0.4, -0.2) is 49.1 Å². The number of piperidine rings is 1. The SMILES string of the molecule is Cc1cccc(N2CCN(CCNCc3ccc(CN4CCCCC4)o3)C2=C(C#N)C#N)c1. The zero-order valence-corrected chi connectivity index (χ0v) is 19.4. The van der Waals surface area contributed by atoms with E-state index in [1.165, 1.54) is 19.3 Å². The van der Waals surface area contributed by atoms with Gasteiger partial charge in [0.15, 0.2) is 5.57 Å². The third kappa shape index (κ3) is 5.76. The summed E-state index contributed by atoms with van der Waals surface area (Å²) in [6.45, 7) is 8.90. The quantitative estimate of drug-likeness (QED) is 0.490. The number of likely N-dealkylation sites (tertiary alicyclic amines) is 1. The van der Waals surface area contributed by atoms with Crippen molar-refractivity contribution in [3.05, 3.63) is 64.9 Å². The summed E-state index contributed by atoms with van der Waals surface area (Å²) in [6, 6.07) is 16.5. The number of rotatable bonds is 8. The first-order valence-electron chi connectivity index (χ1n) is 11.8. The average molecular weight is 445 g/mol. The molecule has 3 heterocycles. The maximum absolute atomic E-state index is 9.55. The van der Waals surface area contributed by atoms with Crippen LogP contribution in [0, 0.1) is 29.6 Å². The van der Waals surface area contributed by atoms with Crippen molar-refractivity contribution in [3.63, 3.8) is 0 Å². The van der Waals surface area contributed by atoms with Crippen molar-refractivity contribution in [2.75, 3.05) is 44.2 Å². The van der Waals surface area contributed by atoms with Crippen LogP contribution in [0.5, 0.6) is 0 Å². The number of nitrogens with zero attached hydrogens (tertiary/aromatic N) is 5. The number of benzene rings is 1. The van der Waals surface area contributed by atoms with Gasteiger partial charge in [0.25, 0.3) is 0 Å². The molecule has 0 bridgehead atoms. The van der Waals surface area contributed by atoms with Gasteiger partial charge < -0.3 is 19.5 Å². The minimum Gasteiger partial charge on any atom is -0.463 e. The monoisotopic (exact) mass is 444 g/mol. The van der Waals surface area contributed by atoms with E-state index in [2.05, 4.69) is 50.4 Å². The number of nitriles is 2. The van der Waals surface area contributed by atoms with E-state index in [1.54, 1.807) is 0 Å². The summed E-state index contributed by atoms with van der Waals surface area (Å²) in [7, 11) is 0. The summed E-state index contributed by atoms with van der Waals surface area (Å²) in [4.78, 5) is 6.66. The molecule has 2 aliphatic rings. The maximum Gasteiger partial charge on any atom is 0.170 e. The van der Waals surface area contributed by atoms with Crippen LogP contribution < -0.4 is 10.2 Å². The van der Waals surface area contributed by atoms with Crippen molar-refractivity contribution in [2.24, 2.45) is 0 Å². The van der Waals surface area contributed by atoms with E-state index in [0.29, 0.717) is 18.9 Å². The molecule has 1 aromatic heterocycles. The van der Waals surface area contributed by atoms with Gasteiger partial charge in [-0.2, -0.15) is 10.5 Å². The Bertz CT molecular complexity index is 1040. The predicted octanol–water partition coefficient (Wildman–Crippen LogP) is 3.74. The minimum atomic E-state index is 0.155. The van der Waals surface area contributed by atoms with Gasteiger partial charge >= 0.3 is 0 Å². The Balaban J connectivity index is 1.32. The Labute approximate surface area is 196 Å². The van der Waals surface area contributed by atoms with Crippen molar-refractivity contribution >= 4 is 5.69 Å². The largest absolute Gasteiger partial charge is 0.463 e. The molecule has 0 saturated carbocycles. The standard InChI is InChI=1S/C26H32N6O/c1-21-6-5-7-23(16-21)32-15-14-31(26(32)22(17-27)18-28)13-10-29-19-24-8-9-25(33-24)20-30-11-3-2-4-12-30/h5-9,16,29H,2-4,10-15,19-20H2,1H3. The van der Waals surface area contributed by atoms with Crippen molar-refractivity contribution in [1.82, 2.24) is 15.1 Å². The Hall–Kier alpha value is -3.26. The van der Waals surface area contributed by atoms with E-state index >= 15 is 0 Å². The highest BCUT2D eigenvalue weighted by Crippen LogP contribution is 2.29. The molecule has 0 atom stereocenters. The van der Waals surface area contributed by atoms with Crippen LogP contribution in [0.1, 0.15) is 36.3 Å². The number of hydrogen-bond acceptors (Lipinski definition) is 7. The Morgan fingerprint density at radius 3 is 2.55 bits per heavy atom. The number of furan rings is 1. The molecule has 7 heteroatoms. The molecule has 172 valence electrons. The first kappa shape index (κ1) is 22.9. The van der Waals surface area contributed by atoms with Gasteiger partial charge in [-0.25, -0.2) is 0 Å². The molecule has 1 N–H and O–H groups in total. The van der Waals surface area contributed by atoms with Crippen LogP contribution in [0.4, 0.5) is 5.69 Å². The highest BCUT2D eigenvalue weighted by atomic mass is 16.3. The number of allylic oxidation sites excluding steroid dienone is 1. The van der Waals surface area contributed by atoms with E-state index in [-0.39, 0.29) is 5.57 Å². The molecule has 33 heavy (non-hydrogen) atoms. The Morgan fingerprint density at radius 1 is 1.00 bits per heavy atom. The summed E-state index contributed by atoms with van der Waals surface area (Å²) < 4.78 is 6.02. The lowest BCUT2D eigenvalue weighted by Crippen LogP contribution is -2.31. The van der Waals surface area contributed by atoms with Gasteiger partial charge in [0, 0.05) is 31.9 Å². The fraction of sp³-hybridized carbons (Fsp3) is 0.462. The molecular weight excluding hydrogens is 412 g/mol. The number of aryl methyl sites for hydroxylation is 1. The van der Waals surface area contributed by atoms with Crippen LogP contribution in [0.25, 0.3) is 0 Å². The molecule has 0 spiro atoms. The van der Waals surface area contributed by atoms with Crippen molar-refractivity contribution in [3.8, 4) is 12.1 Å². The Morgan fingerprint density at radius 2 is 1.79 bits per heavy atom. The summed E-state index contributed by atoms with van der Waals surface area (Å²) in [6.07, 6.45) is 3.90. The van der Waals surface area contributed by atoms with Gasteiger partial charge in [0.05, 0.1) is 13.1 Å². The molecule has 2 saturated heterocycles. The highest BCUT2D eigenvalue weighted by Gasteiger charge is 2.29. The lowest BCUT2D eigenvalue weighted by atomic mass is 10.1. The Kier molecular flexibility index (Phi) is 7.67. The molecule has 7 nitrogen and oxygen atoms in total. The average Bonchev–Trinajstić information content (AvgIpc) is 3.45. The van der Waals surface area contributed by atoms with E-state index in [0.717, 1.165) is 62.0 Å². The van der Waals surface area contributed by atoms with Crippen molar-refractivity contribution in [2.45, 2.75) is 39.3 Å². The van der Waals surface area contributed by atoms with E-state index in [1.807, 2.05) is 25.1 Å². The molecule has 0 amide bonds. The molecule has 2 aromatic rings. The second-order valence-electron chi connectivity index (χ2n) is 8.78. The van der Waals surface area contributed by atoms with Gasteiger partial charge in [-0.05, 0) is 62.7 Å². The maximum atomic E-state index is 9.55. The predicted molar refractivity (Wildman–Crippen MR) is 128 cm³/mol. The van der Waals surface area contributed by atoms with Gasteiger partial charge in [-0.3, -0.25) is 4.90 Å². The molecular formula is C26H32N6O. The van der Waals surface area contributed by atoms with Crippen LogP contribution >= 0.6 is 0 Å². The molecule has 0 unspecified atom stereocenters. The van der Waals surface area contributed by atoms with Gasteiger partial charge in [0.2, 0.25) is 0 Å². The van der Waals surface area contributed by atoms with Crippen LogP contribution in [-0.2, 0) is 13.1 Å². The fourth-order valence-electron chi connectivity index (χ4n) is 4.65. The highest BCUT2D eigenvalue weighted by molar-refractivity contribution is 5.59. The molecule has 2 aliphatic heterocycles. The molecule has 1 aromatic carbocycles. The van der Waals surface area contributed by atoms with Gasteiger partial charge in [-0.15, -0.1) is 0 Å². The normalized spacial score (nSPS) is 16.6. The van der Waals surface area contributed by atoms with Crippen LogP contribution in [0.2, 0.25) is 0 Å². The van der Waals surface area contributed by atoms with Crippen LogP contribution in [0.15, 0.2) is 52.2 Å². The first-order chi connectivity index (χ1) is 16.2. The molecule has 0 aliphatic carbocycles. The summed E-state index contributed by atoms with van der Waals surface area (Å²) >= 11 is 0. The summed E-state index contributed by atoms with van der Waals surface area (Å²) in [5, 5.41) is 22.5. The number of anilines is 1. The second kappa shape index (κ2) is 11.0. The summed E-state index contributed by atoms with van der Waals surface area (Å²) in [5.74, 6) is 2.67. The molecule has 4 rings (SSSR count). The van der Waals surface area contributed by atoms with Crippen molar-refractivity contribution < 1.29 is 4.42 Å². The smallest absolute Gasteiger partial charge is 0.170 e. The van der Waals surface area contributed by atoms with Gasteiger partial charge in [-0.1, -0.05) is 18.6 Å². The van der Waals surface area contributed by atoms with Gasteiger partial charge in [0.1, 0.15) is 29.5 Å². The topological polar surface area (TPSA) is 82.5 Å². The lowest BCUT2D eigenvalue weighted by Gasteiger charge is -2.25. The van der Waals surface area contributed by atoms with E-state index in [4.69, 9.17) is 4.42 Å². The number of nitrogens with one attached hydrogen (secondary N) is 1. The lowest BCUT2D eigenvalue weighted by molar-refractivity contribution is 0.203. The third-order valence-corrected chi connectivity index (χ3v) is 6.31. The number of hydrogen-bond donors (Lipinski definition) is 1. The third-order valence-electron chi connectivity index (χ3n) is 6.31. The zero-order chi connectivity index (χ0) is 23.0. The fourth-order valence-corrected chi connectivity index (χ4v) is 4.65. The molecule has 0 radical (unpaired) electrons. The first-order valence-corrected chi connectivity index (χ1v) is 11.8. The van der Waals surface area contributed by atoms with E-state index < -0.39 is 0 Å². The van der Waals surface area contributed by atoms with Crippen LogP contribution in [0.3, 0.4) is 0 Å². The van der Waals surface area contributed by atoms with E-state index in [9.17, 15) is 10.5 Å².